The smallest absolute Gasteiger partial charge is 0.0991 e. The number of aromatic nitrogens is 3. The van der Waals surface area contributed by atoms with Gasteiger partial charge in [-0.05, 0) is 82.9 Å². The molecule has 0 fully saturated rings. The van der Waals surface area contributed by atoms with Gasteiger partial charge in [0.15, 0.2) is 0 Å². The predicted octanol–water partition coefficient (Wildman–Crippen LogP) is 7.42. The molecule has 3 aromatic heterocycles. The van der Waals surface area contributed by atoms with Crippen molar-refractivity contribution in [1.82, 2.24) is 14.5 Å². The molecule has 0 amide bonds. The zero-order valence-electron chi connectivity index (χ0n) is 20.0. The molecule has 4 nitrogen and oxygen atoms in total. The van der Waals surface area contributed by atoms with Crippen LogP contribution in [0.5, 0.6) is 0 Å². The van der Waals surface area contributed by atoms with Gasteiger partial charge < -0.3 is 4.57 Å². The minimum absolute atomic E-state index is 0.201. The third-order valence-corrected chi connectivity index (χ3v) is 7.51. The fourth-order valence-corrected chi connectivity index (χ4v) is 5.74. The summed E-state index contributed by atoms with van der Waals surface area (Å²) < 4.78 is 2.30. The van der Waals surface area contributed by atoms with Crippen LogP contribution in [0.25, 0.3) is 50.0 Å². The number of hydrogen-bond acceptors (Lipinski definition) is 3. The van der Waals surface area contributed by atoms with E-state index in [0.717, 1.165) is 38.9 Å². The molecule has 0 radical (unpaired) electrons. The lowest BCUT2D eigenvalue weighted by molar-refractivity contribution is 0.661. The third-order valence-electron chi connectivity index (χ3n) is 7.51. The number of nitrogens with zero attached hydrogens (tertiary/aromatic N) is 4. The number of nitriles is 1. The zero-order valence-corrected chi connectivity index (χ0v) is 20.0. The Balaban J connectivity index is 1.54. The number of hydrogen-bond donors (Lipinski definition) is 0. The molecule has 6 aromatic rings. The van der Waals surface area contributed by atoms with E-state index in [1.165, 1.54) is 22.3 Å². The molecule has 0 saturated carbocycles. The Labute approximate surface area is 209 Å². The van der Waals surface area contributed by atoms with E-state index < -0.39 is 0 Å². The Morgan fingerprint density at radius 1 is 0.750 bits per heavy atom. The van der Waals surface area contributed by atoms with Crippen LogP contribution < -0.4 is 0 Å². The van der Waals surface area contributed by atoms with Gasteiger partial charge in [0.2, 0.25) is 0 Å². The lowest BCUT2D eigenvalue weighted by atomic mass is 9.81. The summed E-state index contributed by atoms with van der Waals surface area (Å²) in [6, 6.07) is 31.6. The molecule has 3 aromatic carbocycles. The Kier molecular flexibility index (Phi) is 4.22. The summed E-state index contributed by atoms with van der Waals surface area (Å²) >= 11 is 0. The highest BCUT2D eigenvalue weighted by Crippen LogP contribution is 2.51. The van der Waals surface area contributed by atoms with Crippen LogP contribution in [0.4, 0.5) is 0 Å². The lowest BCUT2D eigenvalue weighted by Gasteiger charge is -2.21. The highest BCUT2D eigenvalue weighted by molar-refractivity contribution is 6.09. The monoisotopic (exact) mass is 462 g/mol. The largest absolute Gasteiger partial charge is 0.308 e. The number of pyridine rings is 2. The van der Waals surface area contributed by atoms with Gasteiger partial charge in [-0.3, -0.25) is 9.97 Å². The Morgan fingerprint density at radius 2 is 1.61 bits per heavy atom. The molecule has 0 unspecified atom stereocenters. The summed E-state index contributed by atoms with van der Waals surface area (Å²) in [5, 5.41) is 10.6. The first-order valence-corrected chi connectivity index (χ1v) is 12.1. The van der Waals surface area contributed by atoms with Crippen LogP contribution in [0.2, 0.25) is 0 Å². The maximum Gasteiger partial charge on any atom is 0.0991 e. The molecular weight excluding hydrogens is 440 g/mol. The van der Waals surface area contributed by atoms with E-state index in [4.69, 9.17) is 4.98 Å². The van der Waals surface area contributed by atoms with E-state index in [2.05, 4.69) is 78.0 Å². The molecule has 1 aliphatic carbocycles. The van der Waals surface area contributed by atoms with Gasteiger partial charge in [-0.25, -0.2) is 0 Å². The van der Waals surface area contributed by atoms with Gasteiger partial charge in [0, 0.05) is 34.4 Å². The summed E-state index contributed by atoms with van der Waals surface area (Å²) in [5.74, 6) is 0. The van der Waals surface area contributed by atoms with Crippen LogP contribution in [-0.4, -0.2) is 14.5 Å². The summed E-state index contributed by atoms with van der Waals surface area (Å²) in [4.78, 5) is 9.36. The van der Waals surface area contributed by atoms with Crippen LogP contribution >= 0.6 is 0 Å². The van der Waals surface area contributed by atoms with Gasteiger partial charge in [-0.15, -0.1) is 0 Å². The van der Waals surface area contributed by atoms with Crippen LogP contribution in [0, 0.1) is 11.3 Å². The van der Waals surface area contributed by atoms with E-state index in [0.29, 0.717) is 5.56 Å². The average Bonchev–Trinajstić information content (AvgIpc) is 3.36. The normalized spacial score (nSPS) is 13.5. The highest BCUT2D eigenvalue weighted by Gasteiger charge is 2.36. The summed E-state index contributed by atoms with van der Waals surface area (Å²) in [6.45, 7) is 4.49. The fourth-order valence-electron chi connectivity index (χ4n) is 5.74. The van der Waals surface area contributed by atoms with Crippen LogP contribution in [-0.2, 0) is 5.41 Å². The Hall–Kier alpha value is -4.75. The molecule has 1 aliphatic rings. The maximum atomic E-state index is 9.50. The van der Waals surface area contributed by atoms with Crippen molar-refractivity contribution < 1.29 is 0 Å². The second-order valence-corrected chi connectivity index (χ2v) is 9.88. The van der Waals surface area contributed by atoms with Gasteiger partial charge in [0.25, 0.3) is 0 Å². The number of rotatable bonds is 2. The number of benzene rings is 3. The summed E-state index contributed by atoms with van der Waals surface area (Å²) in [5.41, 5.74) is 11.7. The zero-order chi connectivity index (χ0) is 24.4. The van der Waals surface area contributed by atoms with E-state index in [1.54, 1.807) is 0 Å². The van der Waals surface area contributed by atoms with Crippen molar-refractivity contribution in [3.8, 4) is 34.1 Å². The number of fused-ring (bicyclic) bond motifs is 6. The van der Waals surface area contributed by atoms with Gasteiger partial charge >= 0.3 is 0 Å². The first-order valence-electron chi connectivity index (χ1n) is 12.1. The first-order chi connectivity index (χ1) is 17.6. The fraction of sp³-hybridized carbons (Fsp3) is 0.0938. The van der Waals surface area contributed by atoms with Crippen molar-refractivity contribution in [3.63, 3.8) is 0 Å². The van der Waals surface area contributed by atoms with E-state index in [-0.39, 0.29) is 5.41 Å². The van der Waals surface area contributed by atoms with Crippen LogP contribution in [0.15, 0.2) is 97.3 Å². The second kappa shape index (κ2) is 7.37. The van der Waals surface area contributed by atoms with Crippen molar-refractivity contribution >= 4 is 21.9 Å². The standard InChI is InChI=1S/C32H22N4/c1-32(2)26-15-20(19-33)11-12-23(26)24-18-30-25(17-27(24)32)31-29(10-6-14-35-31)36(30)22-8-5-7-21(16-22)28-9-3-4-13-34-28/h3-18H,1-2H3. The van der Waals surface area contributed by atoms with Gasteiger partial charge in [-0.2, -0.15) is 5.26 Å². The average molecular weight is 463 g/mol. The SMILES string of the molecule is CC1(C)c2cc(C#N)ccc2-c2cc3c(cc21)c1ncccc1n3-c1cccc(-c2ccccn2)c1. The minimum atomic E-state index is -0.201. The molecule has 0 bridgehead atoms. The molecule has 4 heteroatoms. The van der Waals surface area contributed by atoms with E-state index in [1.807, 2.05) is 48.8 Å². The molecule has 0 N–H and O–H groups in total. The molecule has 0 spiro atoms. The summed E-state index contributed by atoms with van der Waals surface area (Å²) in [6.07, 6.45) is 3.69. The predicted molar refractivity (Wildman–Crippen MR) is 144 cm³/mol. The molecule has 36 heavy (non-hydrogen) atoms. The van der Waals surface area contributed by atoms with Crippen LogP contribution in [0.1, 0.15) is 30.5 Å². The lowest BCUT2D eigenvalue weighted by Crippen LogP contribution is -2.15. The Morgan fingerprint density at radius 3 is 2.44 bits per heavy atom. The van der Waals surface area contributed by atoms with E-state index >= 15 is 0 Å². The molecule has 0 aliphatic heterocycles. The minimum Gasteiger partial charge on any atom is -0.308 e. The summed E-state index contributed by atoms with van der Waals surface area (Å²) in [7, 11) is 0. The molecule has 170 valence electrons. The van der Waals surface area contributed by atoms with Gasteiger partial charge in [0.1, 0.15) is 0 Å². The molecular formula is C32H22N4. The third kappa shape index (κ3) is 2.80. The molecule has 0 saturated heterocycles. The quantitative estimate of drug-likeness (QED) is 0.269. The van der Waals surface area contributed by atoms with Crippen molar-refractivity contribution in [1.29, 1.82) is 5.26 Å². The second-order valence-electron chi connectivity index (χ2n) is 9.88. The van der Waals surface area contributed by atoms with Crippen molar-refractivity contribution in [2.24, 2.45) is 0 Å². The van der Waals surface area contributed by atoms with Crippen LogP contribution in [0.3, 0.4) is 0 Å². The van der Waals surface area contributed by atoms with Crippen molar-refractivity contribution in [2.45, 2.75) is 19.3 Å². The molecule has 0 atom stereocenters. The van der Waals surface area contributed by atoms with Crippen molar-refractivity contribution in [2.75, 3.05) is 0 Å². The maximum absolute atomic E-state index is 9.50. The van der Waals surface area contributed by atoms with E-state index in [9.17, 15) is 5.26 Å². The first kappa shape index (κ1) is 20.6. The molecule has 3 heterocycles. The van der Waals surface area contributed by atoms with Gasteiger partial charge in [0.05, 0.1) is 33.9 Å². The van der Waals surface area contributed by atoms with Gasteiger partial charge in [-0.1, -0.05) is 38.1 Å². The highest BCUT2D eigenvalue weighted by atomic mass is 15.0. The topological polar surface area (TPSA) is 54.5 Å². The Bertz CT molecular complexity index is 1870. The molecule has 7 rings (SSSR count). The van der Waals surface area contributed by atoms with Crippen molar-refractivity contribution in [3.05, 3.63) is 114 Å².